The van der Waals surface area contributed by atoms with Gasteiger partial charge in [0.15, 0.2) is 0 Å². The van der Waals surface area contributed by atoms with Crippen molar-refractivity contribution >= 4 is 11.9 Å². The molecule has 0 atom stereocenters. The second kappa shape index (κ2) is 8.40. The molecule has 6 heteroatoms. The summed E-state index contributed by atoms with van der Waals surface area (Å²) in [5, 5.41) is 3.09. The highest BCUT2D eigenvalue weighted by atomic mass is 19.1. The monoisotopic (exact) mass is 364 g/mol. The van der Waals surface area contributed by atoms with Gasteiger partial charge in [-0.1, -0.05) is 42.5 Å². The van der Waals surface area contributed by atoms with Crippen molar-refractivity contribution in [3.63, 3.8) is 0 Å². The highest BCUT2D eigenvalue weighted by Gasteiger charge is 2.15. The van der Waals surface area contributed by atoms with Gasteiger partial charge in [0.25, 0.3) is 5.91 Å². The maximum absolute atomic E-state index is 13.0. The van der Waals surface area contributed by atoms with E-state index in [1.54, 1.807) is 30.1 Å². The predicted molar refractivity (Wildman–Crippen MR) is 103 cm³/mol. The van der Waals surface area contributed by atoms with Gasteiger partial charge in [-0.2, -0.15) is 0 Å². The molecule has 0 aliphatic rings. The van der Waals surface area contributed by atoms with Gasteiger partial charge < -0.3 is 10.2 Å². The standard InChI is InChI=1S/C21H21FN4O/c1-15-12-19(20(27)26(2)14-17-6-4-3-5-7-17)25-21(24-15)23-13-16-8-10-18(22)11-9-16/h3-12H,13-14H2,1-2H3,(H,23,24,25). The SMILES string of the molecule is Cc1cc(C(=O)N(C)Cc2ccccc2)nc(NCc2ccc(F)cc2)n1. The fourth-order valence-electron chi connectivity index (χ4n) is 2.67. The molecule has 1 amide bonds. The lowest BCUT2D eigenvalue weighted by molar-refractivity contribution is 0.0779. The molecule has 3 rings (SSSR count). The lowest BCUT2D eigenvalue weighted by atomic mass is 10.2. The van der Waals surface area contributed by atoms with Crippen LogP contribution in [0, 0.1) is 12.7 Å². The van der Waals surface area contributed by atoms with E-state index in [0.717, 1.165) is 11.1 Å². The molecule has 1 heterocycles. The van der Waals surface area contributed by atoms with Gasteiger partial charge in [0.2, 0.25) is 5.95 Å². The molecule has 0 unspecified atom stereocenters. The summed E-state index contributed by atoms with van der Waals surface area (Å²) in [5.74, 6) is -0.0788. The highest BCUT2D eigenvalue weighted by Crippen LogP contribution is 2.11. The van der Waals surface area contributed by atoms with Crippen molar-refractivity contribution < 1.29 is 9.18 Å². The summed E-state index contributed by atoms with van der Waals surface area (Å²) in [6.45, 7) is 2.76. The minimum atomic E-state index is -0.278. The summed E-state index contributed by atoms with van der Waals surface area (Å²) in [6.07, 6.45) is 0. The van der Waals surface area contributed by atoms with Gasteiger partial charge in [0.1, 0.15) is 11.5 Å². The van der Waals surface area contributed by atoms with Gasteiger partial charge in [0.05, 0.1) is 0 Å². The molecule has 0 aliphatic heterocycles. The number of anilines is 1. The fourth-order valence-corrected chi connectivity index (χ4v) is 2.67. The van der Waals surface area contributed by atoms with Gasteiger partial charge in [-0.3, -0.25) is 4.79 Å². The molecule has 0 bridgehead atoms. The van der Waals surface area contributed by atoms with Crippen molar-refractivity contribution in [1.29, 1.82) is 0 Å². The Bertz CT molecular complexity index is 913. The van der Waals surface area contributed by atoms with E-state index in [2.05, 4.69) is 15.3 Å². The summed E-state index contributed by atoms with van der Waals surface area (Å²) in [4.78, 5) is 23.0. The van der Waals surface area contributed by atoms with Crippen LogP contribution in [0.4, 0.5) is 10.3 Å². The first-order chi connectivity index (χ1) is 13.0. The van der Waals surface area contributed by atoms with Crippen LogP contribution in [-0.2, 0) is 13.1 Å². The number of rotatable bonds is 6. The number of halogens is 1. The van der Waals surface area contributed by atoms with Gasteiger partial charge >= 0.3 is 0 Å². The number of aryl methyl sites for hydroxylation is 1. The Morgan fingerprint density at radius 2 is 1.74 bits per heavy atom. The number of aromatic nitrogens is 2. The van der Waals surface area contributed by atoms with Gasteiger partial charge in [-0.15, -0.1) is 0 Å². The zero-order chi connectivity index (χ0) is 19.2. The van der Waals surface area contributed by atoms with E-state index < -0.39 is 0 Å². The molecule has 138 valence electrons. The lowest BCUT2D eigenvalue weighted by Gasteiger charge is -2.17. The van der Waals surface area contributed by atoms with Gasteiger partial charge in [-0.05, 0) is 36.2 Å². The normalized spacial score (nSPS) is 10.5. The maximum Gasteiger partial charge on any atom is 0.272 e. The van der Waals surface area contributed by atoms with Crippen LogP contribution >= 0.6 is 0 Å². The summed E-state index contributed by atoms with van der Waals surface area (Å²) in [6, 6.07) is 17.7. The molecule has 0 radical (unpaired) electrons. The zero-order valence-electron chi connectivity index (χ0n) is 15.3. The third-order valence-corrected chi connectivity index (χ3v) is 4.05. The van der Waals surface area contributed by atoms with E-state index in [0.29, 0.717) is 30.4 Å². The van der Waals surface area contributed by atoms with Crippen molar-refractivity contribution in [3.05, 3.63) is 89.0 Å². The number of hydrogen-bond acceptors (Lipinski definition) is 4. The Kier molecular flexibility index (Phi) is 5.76. The van der Waals surface area contributed by atoms with Crippen molar-refractivity contribution in [2.45, 2.75) is 20.0 Å². The van der Waals surface area contributed by atoms with E-state index in [9.17, 15) is 9.18 Å². The molecule has 0 saturated carbocycles. The molecule has 5 nitrogen and oxygen atoms in total. The van der Waals surface area contributed by atoms with E-state index in [-0.39, 0.29) is 11.7 Å². The molecule has 1 N–H and O–H groups in total. The minimum Gasteiger partial charge on any atom is -0.350 e. The second-order valence-electron chi connectivity index (χ2n) is 6.35. The Labute approximate surface area is 157 Å². The van der Waals surface area contributed by atoms with Crippen LogP contribution in [0.15, 0.2) is 60.7 Å². The fraction of sp³-hybridized carbons (Fsp3) is 0.190. The first-order valence-electron chi connectivity index (χ1n) is 8.64. The van der Waals surface area contributed by atoms with Crippen molar-refractivity contribution in [3.8, 4) is 0 Å². The third kappa shape index (κ3) is 5.10. The largest absolute Gasteiger partial charge is 0.350 e. The van der Waals surface area contributed by atoms with E-state index >= 15 is 0 Å². The summed E-state index contributed by atoms with van der Waals surface area (Å²) < 4.78 is 13.0. The highest BCUT2D eigenvalue weighted by molar-refractivity contribution is 5.92. The van der Waals surface area contributed by atoms with E-state index in [1.807, 2.05) is 37.3 Å². The number of nitrogens with zero attached hydrogens (tertiary/aromatic N) is 3. The van der Waals surface area contributed by atoms with E-state index in [1.165, 1.54) is 12.1 Å². The molecule has 27 heavy (non-hydrogen) atoms. The van der Waals surface area contributed by atoms with Crippen LogP contribution in [-0.4, -0.2) is 27.8 Å². The number of nitrogens with one attached hydrogen (secondary N) is 1. The average molecular weight is 364 g/mol. The summed E-state index contributed by atoms with van der Waals surface area (Å²) in [5.41, 5.74) is 2.98. The Morgan fingerprint density at radius 3 is 2.44 bits per heavy atom. The first kappa shape index (κ1) is 18.5. The predicted octanol–water partition coefficient (Wildman–Crippen LogP) is 3.81. The molecule has 0 saturated heterocycles. The maximum atomic E-state index is 13.0. The molecular formula is C21H21FN4O. The number of hydrogen-bond donors (Lipinski definition) is 1. The number of carbonyl (C=O) groups excluding carboxylic acids is 1. The van der Waals surface area contributed by atoms with Crippen molar-refractivity contribution in [2.75, 3.05) is 12.4 Å². The number of benzene rings is 2. The van der Waals surface area contributed by atoms with Crippen molar-refractivity contribution in [1.82, 2.24) is 14.9 Å². The summed E-state index contributed by atoms with van der Waals surface area (Å²) >= 11 is 0. The van der Waals surface area contributed by atoms with Crippen LogP contribution in [0.1, 0.15) is 27.3 Å². The Hall–Kier alpha value is -3.28. The van der Waals surface area contributed by atoms with E-state index in [4.69, 9.17) is 0 Å². The number of amides is 1. The zero-order valence-corrected chi connectivity index (χ0v) is 15.3. The average Bonchev–Trinajstić information content (AvgIpc) is 2.67. The third-order valence-electron chi connectivity index (χ3n) is 4.05. The molecular weight excluding hydrogens is 343 g/mol. The second-order valence-corrected chi connectivity index (χ2v) is 6.35. The molecule has 3 aromatic rings. The first-order valence-corrected chi connectivity index (χ1v) is 8.64. The molecule has 1 aromatic heterocycles. The van der Waals surface area contributed by atoms with Crippen molar-refractivity contribution in [2.24, 2.45) is 0 Å². The molecule has 0 aliphatic carbocycles. The Balaban J connectivity index is 1.70. The smallest absolute Gasteiger partial charge is 0.272 e. The quantitative estimate of drug-likeness (QED) is 0.723. The molecule has 0 spiro atoms. The molecule has 0 fully saturated rings. The molecule has 2 aromatic carbocycles. The summed E-state index contributed by atoms with van der Waals surface area (Å²) in [7, 11) is 1.75. The minimum absolute atomic E-state index is 0.172. The Morgan fingerprint density at radius 1 is 1.04 bits per heavy atom. The van der Waals surface area contributed by atoms with Crippen LogP contribution < -0.4 is 5.32 Å². The van der Waals surface area contributed by atoms with Crippen LogP contribution in [0.5, 0.6) is 0 Å². The van der Waals surface area contributed by atoms with Crippen LogP contribution in [0.3, 0.4) is 0 Å². The van der Waals surface area contributed by atoms with Crippen LogP contribution in [0.25, 0.3) is 0 Å². The number of carbonyl (C=O) groups is 1. The van der Waals surface area contributed by atoms with Crippen LogP contribution in [0.2, 0.25) is 0 Å². The lowest BCUT2D eigenvalue weighted by Crippen LogP contribution is -2.27. The van der Waals surface area contributed by atoms with Gasteiger partial charge in [-0.25, -0.2) is 14.4 Å². The topological polar surface area (TPSA) is 58.1 Å². The van der Waals surface area contributed by atoms with Gasteiger partial charge in [0, 0.05) is 25.8 Å².